The van der Waals surface area contributed by atoms with Gasteiger partial charge in [-0.15, -0.1) is 10.2 Å². The molecule has 0 aliphatic heterocycles. The quantitative estimate of drug-likeness (QED) is 0.726. The van der Waals surface area contributed by atoms with Crippen molar-refractivity contribution in [2.24, 2.45) is 18.9 Å². The van der Waals surface area contributed by atoms with Crippen molar-refractivity contribution in [1.82, 2.24) is 20.1 Å². The lowest BCUT2D eigenvalue weighted by molar-refractivity contribution is -0.113. The first-order valence-corrected chi connectivity index (χ1v) is 10.6. The molecule has 2 N–H and O–H groups in total. The van der Waals surface area contributed by atoms with Crippen molar-refractivity contribution in [2.75, 3.05) is 11.1 Å². The third kappa shape index (κ3) is 5.13. The molecule has 0 saturated heterocycles. The van der Waals surface area contributed by atoms with E-state index in [1.165, 1.54) is 18.2 Å². The largest absolute Gasteiger partial charge is 0.349 e. The SMILES string of the molecule is CC1CCCC(NC(=O)c2cccc(NC(=O)CSc3nncn3C)c2)C1C. The summed E-state index contributed by atoms with van der Waals surface area (Å²) in [5, 5.41) is 14.4. The van der Waals surface area contributed by atoms with Crippen LogP contribution in [0.2, 0.25) is 0 Å². The molecule has 3 rings (SSSR count). The minimum atomic E-state index is -0.153. The summed E-state index contributed by atoms with van der Waals surface area (Å²) in [5.74, 6) is 1.07. The first-order valence-electron chi connectivity index (χ1n) is 9.61. The average Bonchev–Trinajstić information content (AvgIpc) is 3.09. The van der Waals surface area contributed by atoms with E-state index in [0.717, 1.165) is 12.8 Å². The van der Waals surface area contributed by atoms with Gasteiger partial charge >= 0.3 is 0 Å². The number of benzene rings is 1. The standard InChI is InChI=1S/C20H27N5O2S/c1-13-6-4-9-17(14(13)2)23-19(27)15-7-5-8-16(10-15)22-18(26)11-28-20-24-21-12-25(20)3/h5,7-8,10,12-14,17H,4,6,9,11H2,1-3H3,(H,22,26)(H,23,27). The van der Waals surface area contributed by atoms with Gasteiger partial charge in [0, 0.05) is 24.3 Å². The van der Waals surface area contributed by atoms with Gasteiger partial charge in [-0.1, -0.05) is 44.5 Å². The maximum atomic E-state index is 12.7. The van der Waals surface area contributed by atoms with E-state index in [1.807, 2.05) is 7.05 Å². The highest BCUT2D eigenvalue weighted by Gasteiger charge is 2.28. The minimum absolute atomic E-state index is 0.0875. The first kappa shape index (κ1) is 20.4. The second kappa shape index (κ2) is 9.23. The van der Waals surface area contributed by atoms with Crippen LogP contribution in [0.4, 0.5) is 5.69 Å². The Kier molecular flexibility index (Phi) is 6.72. The van der Waals surface area contributed by atoms with Crippen molar-refractivity contribution in [3.8, 4) is 0 Å². The van der Waals surface area contributed by atoms with E-state index in [0.29, 0.717) is 28.2 Å². The van der Waals surface area contributed by atoms with E-state index in [1.54, 1.807) is 35.2 Å². The van der Waals surface area contributed by atoms with E-state index in [9.17, 15) is 9.59 Å². The van der Waals surface area contributed by atoms with E-state index < -0.39 is 0 Å². The second-order valence-electron chi connectivity index (χ2n) is 7.49. The number of anilines is 1. The number of hydrogen-bond acceptors (Lipinski definition) is 5. The molecule has 150 valence electrons. The minimum Gasteiger partial charge on any atom is -0.349 e. The van der Waals surface area contributed by atoms with Crippen LogP contribution in [0.1, 0.15) is 43.5 Å². The molecule has 8 heteroatoms. The number of aryl methyl sites for hydroxylation is 1. The number of hydrogen-bond donors (Lipinski definition) is 2. The van der Waals surface area contributed by atoms with Gasteiger partial charge in [0.25, 0.3) is 5.91 Å². The number of nitrogens with one attached hydrogen (secondary N) is 2. The molecule has 1 aromatic carbocycles. The van der Waals surface area contributed by atoms with Gasteiger partial charge in [-0.3, -0.25) is 9.59 Å². The summed E-state index contributed by atoms with van der Waals surface area (Å²) >= 11 is 1.31. The molecule has 7 nitrogen and oxygen atoms in total. The van der Waals surface area contributed by atoms with Crippen LogP contribution in [-0.4, -0.2) is 38.4 Å². The monoisotopic (exact) mass is 401 g/mol. The molecule has 1 aliphatic carbocycles. The predicted molar refractivity (Wildman–Crippen MR) is 110 cm³/mol. The summed E-state index contributed by atoms with van der Waals surface area (Å²) in [6, 6.07) is 7.27. The van der Waals surface area contributed by atoms with Crippen LogP contribution in [0.5, 0.6) is 0 Å². The van der Waals surface area contributed by atoms with Gasteiger partial charge in [0.05, 0.1) is 5.75 Å². The van der Waals surface area contributed by atoms with Crippen molar-refractivity contribution in [3.63, 3.8) is 0 Å². The third-order valence-corrected chi connectivity index (χ3v) is 6.47. The number of aromatic nitrogens is 3. The van der Waals surface area contributed by atoms with E-state index in [4.69, 9.17) is 0 Å². The molecule has 3 atom stereocenters. The molecular weight excluding hydrogens is 374 g/mol. The van der Waals surface area contributed by atoms with Crippen LogP contribution >= 0.6 is 11.8 Å². The molecule has 1 saturated carbocycles. The molecule has 0 spiro atoms. The number of carbonyl (C=O) groups excluding carboxylic acids is 2. The lowest BCUT2D eigenvalue weighted by Gasteiger charge is -2.34. The van der Waals surface area contributed by atoms with Gasteiger partial charge < -0.3 is 15.2 Å². The Bertz CT molecular complexity index is 838. The zero-order valence-corrected chi connectivity index (χ0v) is 17.3. The summed E-state index contributed by atoms with van der Waals surface area (Å²) in [5.41, 5.74) is 1.17. The summed E-state index contributed by atoms with van der Waals surface area (Å²) in [4.78, 5) is 24.9. The third-order valence-electron chi connectivity index (χ3n) is 5.43. The van der Waals surface area contributed by atoms with Crippen LogP contribution in [0, 0.1) is 11.8 Å². The van der Waals surface area contributed by atoms with Crippen molar-refractivity contribution in [2.45, 2.75) is 44.3 Å². The van der Waals surface area contributed by atoms with Gasteiger partial charge in [-0.25, -0.2) is 0 Å². The Hall–Kier alpha value is -2.35. The fourth-order valence-electron chi connectivity index (χ4n) is 3.51. The van der Waals surface area contributed by atoms with Gasteiger partial charge in [-0.05, 0) is 36.5 Å². The summed E-state index contributed by atoms with van der Waals surface area (Å²) in [7, 11) is 1.83. The summed E-state index contributed by atoms with van der Waals surface area (Å²) in [6.45, 7) is 4.46. The first-order chi connectivity index (χ1) is 13.4. The molecule has 2 amide bonds. The van der Waals surface area contributed by atoms with Crippen LogP contribution < -0.4 is 10.6 Å². The fraction of sp³-hybridized carbons (Fsp3) is 0.500. The fourth-order valence-corrected chi connectivity index (χ4v) is 4.19. The smallest absolute Gasteiger partial charge is 0.251 e. The molecular formula is C20H27N5O2S. The normalized spacial score (nSPS) is 21.9. The van der Waals surface area contributed by atoms with Gasteiger partial charge in [0.1, 0.15) is 6.33 Å². The molecule has 1 aliphatic rings. The Labute approximate surface area is 169 Å². The number of thioether (sulfide) groups is 1. The molecule has 0 bridgehead atoms. The highest BCUT2D eigenvalue weighted by atomic mass is 32.2. The Morgan fingerprint density at radius 3 is 2.86 bits per heavy atom. The molecule has 0 radical (unpaired) electrons. The Morgan fingerprint density at radius 1 is 1.29 bits per heavy atom. The van der Waals surface area contributed by atoms with Crippen LogP contribution in [0.25, 0.3) is 0 Å². The van der Waals surface area contributed by atoms with Crippen molar-refractivity contribution >= 4 is 29.3 Å². The average molecular weight is 402 g/mol. The lowest BCUT2D eigenvalue weighted by atomic mass is 9.78. The number of rotatable bonds is 6. The number of nitrogens with zero attached hydrogens (tertiary/aromatic N) is 3. The summed E-state index contributed by atoms with van der Waals surface area (Å²) in [6.07, 6.45) is 4.99. The Morgan fingerprint density at radius 2 is 2.11 bits per heavy atom. The van der Waals surface area contributed by atoms with E-state index >= 15 is 0 Å². The van der Waals surface area contributed by atoms with Crippen molar-refractivity contribution in [1.29, 1.82) is 0 Å². The van der Waals surface area contributed by atoms with E-state index in [-0.39, 0.29) is 23.6 Å². The van der Waals surface area contributed by atoms with E-state index in [2.05, 4.69) is 34.7 Å². The number of amides is 2. The van der Waals surface area contributed by atoms with Gasteiger partial charge in [0.2, 0.25) is 5.91 Å². The van der Waals surface area contributed by atoms with Crippen LogP contribution in [-0.2, 0) is 11.8 Å². The Balaban J connectivity index is 1.56. The highest BCUT2D eigenvalue weighted by Crippen LogP contribution is 2.29. The maximum Gasteiger partial charge on any atom is 0.251 e. The molecule has 3 unspecified atom stereocenters. The van der Waals surface area contributed by atoms with Gasteiger partial charge in [-0.2, -0.15) is 0 Å². The highest BCUT2D eigenvalue weighted by molar-refractivity contribution is 7.99. The number of carbonyl (C=O) groups is 2. The van der Waals surface area contributed by atoms with Crippen molar-refractivity contribution < 1.29 is 9.59 Å². The molecule has 28 heavy (non-hydrogen) atoms. The topological polar surface area (TPSA) is 88.9 Å². The second-order valence-corrected chi connectivity index (χ2v) is 8.43. The molecule has 1 fully saturated rings. The summed E-state index contributed by atoms with van der Waals surface area (Å²) < 4.78 is 1.76. The molecule has 1 aromatic heterocycles. The lowest BCUT2D eigenvalue weighted by Crippen LogP contribution is -2.43. The van der Waals surface area contributed by atoms with Crippen molar-refractivity contribution in [3.05, 3.63) is 36.2 Å². The predicted octanol–water partition coefficient (Wildman–Crippen LogP) is 3.10. The van der Waals surface area contributed by atoms with Gasteiger partial charge in [0.15, 0.2) is 5.16 Å². The van der Waals surface area contributed by atoms with Crippen LogP contribution in [0.15, 0.2) is 35.7 Å². The zero-order valence-electron chi connectivity index (χ0n) is 16.5. The van der Waals surface area contributed by atoms with Crippen LogP contribution in [0.3, 0.4) is 0 Å². The zero-order chi connectivity index (χ0) is 20.1. The molecule has 1 heterocycles. The molecule has 2 aromatic rings. The maximum absolute atomic E-state index is 12.7.